The van der Waals surface area contributed by atoms with E-state index in [-0.39, 0.29) is 16.0 Å². The molecular formula is C20H19FN2O4S. The van der Waals surface area contributed by atoms with Crippen LogP contribution in [0.3, 0.4) is 0 Å². The number of aryl methyl sites for hydroxylation is 1. The van der Waals surface area contributed by atoms with Gasteiger partial charge in [-0.1, -0.05) is 37.3 Å². The SMILES string of the molecule is CCc1ccccc1NC(=O)CN1C(=O)C(C)=C(c2ccc(F)cc2)S1(=O)=O. The number of nitrogens with one attached hydrogen (secondary N) is 1. The molecule has 2 aromatic rings. The van der Waals surface area contributed by atoms with Crippen molar-refractivity contribution in [2.75, 3.05) is 11.9 Å². The highest BCUT2D eigenvalue weighted by Gasteiger charge is 2.43. The summed E-state index contributed by atoms with van der Waals surface area (Å²) in [4.78, 5) is 24.7. The second-order valence-electron chi connectivity index (χ2n) is 6.34. The van der Waals surface area contributed by atoms with Crippen LogP contribution in [0.2, 0.25) is 0 Å². The first kappa shape index (κ1) is 19.8. The summed E-state index contributed by atoms with van der Waals surface area (Å²) < 4.78 is 39.5. The number of rotatable bonds is 5. The summed E-state index contributed by atoms with van der Waals surface area (Å²) in [6.45, 7) is 2.67. The van der Waals surface area contributed by atoms with Gasteiger partial charge in [0.2, 0.25) is 5.91 Å². The van der Waals surface area contributed by atoms with Crippen LogP contribution < -0.4 is 5.32 Å². The molecule has 3 rings (SSSR count). The van der Waals surface area contributed by atoms with E-state index in [0.29, 0.717) is 16.4 Å². The molecule has 0 atom stereocenters. The predicted octanol–water partition coefficient (Wildman–Crippen LogP) is 2.93. The van der Waals surface area contributed by atoms with Gasteiger partial charge in [0.25, 0.3) is 15.9 Å². The van der Waals surface area contributed by atoms with E-state index in [4.69, 9.17) is 0 Å². The molecule has 8 heteroatoms. The zero-order chi connectivity index (χ0) is 20.5. The van der Waals surface area contributed by atoms with Gasteiger partial charge in [0.15, 0.2) is 0 Å². The fraction of sp³-hybridized carbons (Fsp3) is 0.200. The highest BCUT2D eigenvalue weighted by atomic mass is 32.2. The minimum atomic E-state index is -4.22. The van der Waals surface area contributed by atoms with Gasteiger partial charge in [-0.25, -0.2) is 17.1 Å². The van der Waals surface area contributed by atoms with Crippen molar-refractivity contribution in [2.45, 2.75) is 20.3 Å². The maximum atomic E-state index is 13.2. The molecule has 0 aliphatic carbocycles. The molecule has 1 aliphatic rings. The Hall–Kier alpha value is -3.00. The fourth-order valence-electron chi connectivity index (χ4n) is 3.09. The average molecular weight is 402 g/mol. The first-order chi connectivity index (χ1) is 13.3. The Bertz CT molecular complexity index is 1080. The summed E-state index contributed by atoms with van der Waals surface area (Å²) in [7, 11) is -4.22. The molecule has 6 nitrogen and oxygen atoms in total. The van der Waals surface area contributed by atoms with E-state index in [1.54, 1.807) is 12.1 Å². The normalized spacial score (nSPS) is 15.8. The van der Waals surface area contributed by atoms with Crippen LogP contribution in [-0.4, -0.2) is 31.1 Å². The van der Waals surface area contributed by atoms with Crippen LogP contribution in [0.5, 0.6) is 0 Å². The number of hydrogen-bond acceptors (Lipinski definition) is 4. The number of halogens is 1. The van der Waals surface area contributed by atoms with Crippen LogP contribution in [0.25, 0.3) is 4.91 Å². The molecule has 0 saturated carbocycles. The van der Waals surface area contributed by atoms with Crippen LogP contribution in [0.1, 0.15) is 25.0 Å². The smallest absolute Gasteiger partial charge is 0.268 e. The van der Waals surface area contributed by atoms with E-state index in [1.807, 2.05) is 19.1 Å². The molecular weight excluding hydrogens is 383 g/mol. The molecule has 2 aromatic carbocycles. The van der Waals surface area contributed by atoms with E-state index < -0.39 is 34.2 Å². The summed E-state index contributed by atoms with van der Waals surface area (Å²) in [5.41, 5.74) is 1.66. The number of para-hydroxylation sites is 1. The zero-order valence-corrected chi connectivity index (χ0v) is 16.2. The number of carbonyl (C=O) groups is 2. The summed E-state index contributed by atoms with van der Waals surface area (Å²) in [5, 5.41) is 2.66. The molecule has 146 valence electrons. The molecule has 0 aromatic heterocycles. The molecule has 1 N–H and O–H groups in total. The van der Waals surface area contributed by atoms with Gasteiger partial charge in [-0.3, -0.25) is 9.59 Å². The lowest BCUT2D eigenvalue weighted by atomic mass is 10.1. The molecule has 0 radical (unpaired) electrons. The van der Waals surface area contributed by atoms with Gasteiger partial charge in [-0.05, 0) is 42.7 Å². The van der Waals surface area contributed by atoms with Crippen LogP contribution in [0.4, 0.5) is 10.1 Å². The lowest BCUT2D eigenvalue weighted by Crippen LogP contribution is -2.38. The zero-order valence-electron chi connectivity index (χ0n) is 15.4. The van der Waals surface area contributed by atoms with Crippen molar-refractivity contribution in [2.24, 2.45) is 0 Å². The van der Waals surface area contributed by atoms with Gasteiger partial charge >= 0.3 is 0 Å². The number of sulfonamides is 1. The quantitative estimate of drug-likeness (QED) is 0.834. The van der Waals surface area contributed by atoms with Crippen molar-refractivity contribution >= 4 is 32.4 Å². The Morgan fingerprint density at radius 2 is 1.75 bits per heavy atom. The summed E-state index contributed by atoms with van der Waals surface area (Å²) in [5.74, 6) is -1.90. The average Bonchev–Trinajstić information content (AvgIpc) is 2.82. The largest absolute Gasteiger partial charge is 0.324 e. The molecule has 0 fully saturated rings. The van der Waals surface area contributed by atoms with Crippen molar-refractivity contribution < 1.29 is 22.4 Å². The van der Waals surface area contributed by atoms with Gasteiger partial charge in [0.1, 0.15) is 17.3 Å². The van der Waals surface area contributed by atoms with E-state index in [9.17, 15) is 22.4 Å². The lowest BCUT2D eigenvalue weighted by molar-refractivity contribution is -0.126. The van der Waals surface area contributed by atoms with E-state index in [0.717, 1.165) is 17.7 Å². The van der Waals surface area contributed by atoms with Gasteiger partial charge in [-0.15, -0.1) is 0 Å². The Labute approximate surface area is 162 Å². The van der Waals surface area contributed by atoms with Gasteiger partial charge < -0.3 is 5.32 Å². The van der Waals surface area contributed by atoms with Crippen LogP contribution in [-0.2, 0) is 26.0 Å². The molecule has 0 saturated heterocycles. The Balaban J connectivity index is 1.85. The standard InChI is InChI=1S/C20H19FN2O4S/c1-3-14-6-4-5-7-17(14)22-18(24)12-23-20(25)13(2)19(28(23,26)27)15-8-10-16(21)11-9-15/h4-11H,3,12H2,1-2H3,(H,22,24). The highest BCUT2D eigenvalue weighted by molar-refractivity contribution is 7.99. The molecule has 2 amide bonds. The lowest BCUT2D eigenvalue weighted by Gasteiger charge is -2.17. The van der Waals surface area contributed by atoms with E-state index in [2.05, 4.69) is 5.32 Å². The number of carbonyl (C=O) groups excluding carboxylic acids is 2. The molecule has 0 unspecified atom stereocenters. The Morgan fingerprint density at radius 1 is 1.11 bits per heavy atom. The minimum Gasteiger partial charge on any atom is -0.324 e. The van der Waals surface area contributed by atoms with Crippen molar-refractivity contribution in [3.8, 4) is 0 Å². The summed E-state index contributed by atoms with van der Waals surface area (Å²) >= 11 is 0. The first-order valence-electron chi connectivity index (χ1n) is 8.67. The van der Waals surface area contributed by atoms with Gasteiger partial charge in [-0.2, -0.15) is 0 Å². The van der Waals surface area contributed by atoms with Crippen LogP contribution in [0.15, 0.2) is 54.1 Å². The van der Waals surface area contributed by atoms with Crippen LogP contribution in [0, 0.1) is 5.82 Å². The Kier molecular flexibility index (Phi) is 5.33. The molecule has 0 spiro atoms. The maximum Gasteiger partial charge on any atom is 0.268 e. The monoisotopic (exact) mass is 402 g/mol. The fourth-order valence-corrected chi connectivity index (χ4v) is 4.86. The van der Waals surface area contributed by atoms with Crippen LogP contribution >= 0.6 is 0 Å². The highest BCUT2D eigenvalue weighted by Crippen LogP contribution is 2.35. The number of nitrogens with zero attached hydrogens (tertiary/aromatic N) is 1. The van der Waals surface area contributed by atoms with Crippen molar-refractivity contribution in [3.05, 3.63) is 71.0 Å². The summed E-state index contributed by atoms with van der Waals surface area (Å²) in [6, 6.07) is 12.0. The van der Waals surface area contributed by atoms with E-state index in [1.165, 1.54) is 19.1 Å². The van der Waals surface area contributed by atoms with Crippen molar-refractivity contribution in [3.63, 3.8) is 0 Å². The number of anilines is 1. The molecule has 28 heavy (non-hydrogen) atoms. The number of hydrogen-bond donors (Lipinski definition) is 1. The van der Waals surface area contributed by atoms with Crippen molar-refractivity contribution in [1.82, 2.24) is 4.31 Å². The summed E-state index contributed by atoms with van der Waals surface area (Å²) in [6.07, 6.45) is 0.687. The second-order valence-corrected chi connectivity index (χ2v) is 8.14. The topological polar surface area (TPSA) is 83.6 Å². The molecule has 1 aliphatic heterocycles. The van der Waals surface area contributed by atoms with Gasteiger partial charge in [0.05, 0.1) is 0 Å². The number of amides is 2. The molecule has 1 heterocycles. The van der Waals surface area contributed by atoms with Crippen molar-refractivity contribution in [1.29, 1.82) is 0 Å². The maximum absolute atomic E-state index is 13.2. The van der Waals surface area contributed by atoms with E-state index >= 15 is 0 Å². The predicted molar refractivity (Wildman–Crippen MR) is 104 cm³/mol. The second kappa shape index (κ2) is 7.55. The molecule has 0 bridgehead atoms. The Morgan fingerprint density at radius 3 is 2.39 bits per heavy atom. The third-order valence-corrected chi connectivity index (χ3v) is 6.43. The third-order valence-electron chi connectivity index (χ3n) is 4.50. The minimum absolute atomic E-state index is 0.00614. The van der Waals surface area contributed by atoms with Gasteiger partial charge in [0, 0.05) is 11.3 Å². The third kappa shape index (κ3) is 3.55. The first-order valence-corrected chi connectivity index (χ1v) is 10.1. The number of benzene rings is 2.